The molecule has 0 spiro atoms. The smallest absolute Gasteiger partial charge is 0.179 e. The molecule has 0 amide bonds. The summed E-state index contributed by atoms with van der Waals surface area (Å²) in [7, 11) is 1.84. The minimum Gasteiger partial charge on any atom is -0.490 e. The van der Waals surface area contributed by atoms with Crippen molar-refractivity contribution < 1.29 is 14.3 Å². The molecule has 0 saturated heterocycles. The van der Waals surface area contributed by atoms with Crippen LogP contribution in [0.3, 0.4) is 0 Å². The van der Waals surface area contributed by atoms with Gasteiger partial charge in [-0.05, 0) is 56.6 Å². The summed E-state index contributed by atoms with van der Waals surface area (Å²) in [5.74, 6) is 1.43. The van der Waals surface area contributed by atoms with Crippen molar-refractivity contribution in [2.75, 3.05) is 20.3 Å². The lowest BCUT2D eigenvalue weighted by Gasteiger charge is -2.35. The minimum absolute atomic E-state index is 0.0198. The lowest BCUT2D eigenvalue weighted by molar-refractivity contribution is -0.114. The van der Waals surface area contributed by atoms with E-state index in [0.717, 1.165) is 11.3 Å². The van der Waals surface area contributed by atoms with Gasteiger partial charge in [-0.3, -0.25) is 4.79 Å². The van der Waals surface area contributed by atoms with E-state index in [4.69, 9.17) is 33.3 Å². The molecule has 1 atom stereocenters. The first-order chi connectivity index (χ1) is 12.7. The number of ether oxygens (including phenoxy) is 2. The fraction of sp³-hybridized carbons (Fsp3) is 0.500. The van der Waals surface area contributed by atoms with Crippen LogP contribution in [0, 0.1) is 5.92 Å². The number of carbonyl (C=O) groups excluding carboxylic acids is 1. The largest absolute Gasteiger partial charge is 0.490 e. The Labute approximate surface area is 171 Å². The second-order valence-electron chi connectivity index (χ2n) is 6.96. The van der Waals surface area contributed by atoms with E-state index in [1.165, 1.54) is 0 Å². The summed E-state index contributed by atoms with van der Waals surface area (Å²) in [6, 6.07) is 3.29. The Morgan fingerprint density at radius 1 is 1.37 bits per heavy atom. The molecule has 1 aliphatic rings. The Hall–Kier alpha value is -1.79. The lowest BCUT2D eigenvalue weighted by Crippen LogP contribution is -2.45. The van der Waals surface area contributed by atoms with Gasteiger partial charge >= 0.3 is 0 Å². The molecule has 7 heteroatoms. The van der Waals surface area contributed by atoms with E-state index in [9.17, 15) is 4.79 Å². The molecule has 0 bridgehead atoms. The third-order valence-corrected chi connectivity index (χ3v) is 5.03. The first-order valence-corrected chi connectivity index (χ1v) is 9.80. The second-order valence-corrected chi connectivity index (χ2v) is 7.76. The van der Waals surface area contributed by atoms with Gasteiger partial charge in [0.25, 0.3) is 0 Å². The standard InChI is InChI=1S/C20H27ClN2O3S/c1-7-25-16-9-14(8-15(21)19(16)26-10-11(2)3)18-17(13(5)24)12(4)23(6)20(27)22-18/h8-9,11,18H,7,10H2,1-6H3,(H,22,27). The van der Waals surface area contributed by atoms with E-state index >= 15 is 0 Å². The molecule has 5 nitrogen and oxygen atoms in total. The van der Waals surface area contributed by atoms with Gasteiger partial charge in [-0.25, -0.2) is 0 Å². The van der Waals surface area contributed by atoms with Gasteiger partial charge in [-0.2, -0.15) is 0 Å². The Bertz CT molecular complexity index is 777. The highest BCUT2D eigenvalue weighted by molar-refractivity contribution is 7.80. The van der Waals surface area contributed by atoms with Crippen LogP contribution in [0.25, 0.3) is 0 Å². The minimum atomic E-state index is -0.387. The molecule has 0 fully saturated rings. The van der Waals surface area contributed by atoms with Crippen LogP contribution < -0.4 is 14.8 Å². The molecule has 1 heterocycles. The quantitative estimate of drug-likeness (QED) is 0.668. The summed E-state index contributed by atoms with van der Waals surface area (Å²) >= 11 is 11.9. The highest BCUT2D eigenvalue weighted by atomic mass is 35.5. The maximum atomic E-state index is 12.3. The molecule has 0 aromatic heterocycles. The number of nitrogens with one attached hydrogen (secondary N) is 1. The topological polar surface area (TPSA) is 50.8 Å². The van der Waals surface area contributed by atoms with Crippen molar-refractivity contribution in [2.24, 2.45) is 5.92 Å². The Morgan fingerprint density at radius 3 is 2.59 bits per heavy atom. The average molecular weight is 411 g/mol. The zero-order valence-electron chi connectivity index (χ0n) is 16.7. The SMILES string of the molecule is CCOc1cc(C2NC(=S)N(C)C(C)=C2C(C)=O)cc(Cl)c1OCC(C)C. The van der Waals surface area contributed by atoms with Crippen molar-refractivity contribution in [3.63, 3.8) is 0 Å². The van der Waals surface area contributed by atoms with Crippen molar-refractivity contribution in [2.45, 2.75) is 40.7 Å². The van der Waals surface area contributed by atoms with Gasteiger partial charge in [0.2, 0.25) is 0 Å². The molecule has 1 unspecified atom stereocenters. The van der Waals surface area contributed by atoms with E-state index in [0.29, 0.717) is 46.3 Å². The van der Waals surface area contributed by atoms with Crippen LogP contribution >= 0.6 is 23.8 Å². The number of carbonyl (C=O) groups is 1. The zero-order chi connectivity index (χ0) is 20.3. The third kappa shape index (κ3) is 4.74. The summed E-state index contributed by atoms with van der Waals surface area (Å²) in [6.45, 7) is 10.5. The Kier molecular flexibility index (Phi) is 7.12. The van der Waals surface area contributed by atoms with Crippen molar-refractivity contribution in [1.82, 2.24) is 10.2 Å². The number of Topliss-reactive ketones (excluding diaryl/α,β-unsaturated/α-hetero) is 1. The van der Waals surface area contributed by atoms with Crippen LogP contribution in [-0.4, -0.2) is 36.1 Å². The van der Waals surface area contributed by atoms with Crippen molar-refractivity contribution in [3.8, 4) is 11.5 Å². The van der Waals surface area contributed by atoms with E-state index < -0.39 is 0 Å². The number of nitrogens with zero attached hydrogens (tertiary/aromatic N) is 1. The van der Waals surface area contributed by atoms with Crippen molar-refractivity contribution in [1.29, 1.82) is 0 Å². The normalized spacial score (nSPS) is 17.3. The fourth-order valence-electron chi connectivity index (χ4n) is 2.95. The summed E-state index contributed by atoms with van der Waals surface area (Å²) in [5, 5.41) is 4.23. The van der Waals surface area contributed by atoms with Crippen LogP contribution in [0.15, 0.2) is 23.4 Å². The van der Waals surface area contributed by atoms with E-state index in [1.54, 1.807) is 11.8 Å². The van der Waals surface area contributed by atoms with E-state index in [1.807, 2.05) is 33.0 Å². The van der Waals surface area contributed by atoms with Gasteiger partial charge < -0.3 is 19.7 Å². The van der Waals surface area contributed by atoms with Crippen LogP contribution in [0.4, 0.5) is 0 Å². The van der Waals surface area contributed by atoms with Crippen LogP contribution in [0.2, 0.25) is 5.02 Å². The lowest BCUT2D eigenvalue weighted by atomic mass is 9.92. The summed E-state index contributed by atoms with van der Waals surface area (Å²) < 4.78 is 11.6. The Morgan fingerprint density at radius 2 is 2.04 bits per heavy atom. The van der Waals surface area contributed by atoms with Crippen LogP contribution in [-0.2, 0) is 4.79 Å². The van der Waals surface area contributed by atoms with Gasteiger partial charge in [-0.1, -0.05) is 25.4 Å². The molecule has 0 aliphatic carbocycles. The third-order valence-electron chi connectivity index (χ3n) is 4.36. The van der Waals surface area contributed by atoms with Gasteiger partial charge in [0.15, 0.2) is 22.4 Å². The maximum Gasteiger partial charge on any atom is 0.179 e. The number of rotatable bonds is 7. The van der Waals surface area contributed by atoms with Gasteiger partial charge in [0, 0.05) is 18.3 Å². The maximum absolute atomic E-state index is 12.3. The highest BCUT2D eigenvalue weighted by Gasteiger charge is 2.31. The van der Waals surface area contributed by atoms with E-state index in [-0.39, 0.29) is 11.8 Å². The predicted octanol–water partition coefficient (Wildman–Crippen LogP) is 4.50. The monoisotopic (exact) mass is 410 g/mol. The van der Waals surface area contributed by atoms with Gasteiger partial charge in [0.1, 0.15) is 0 Å². The number of ketones is 1. The molecule has 1 N–H and O–H groups in total. The highest BCUT2D eigenvalue weighted by Crippen LogP contribution is 2.41. The summed E-state index contributed by atoms with van der Waals surface area (Å²) in [5.41, 5.74) is 2.28. The van der Waals surface area contributed by atoms with Crippen molar-refractivity contribution in [3.05, 3.63) is 34.0 Å². The molecule has 1 aliphatic heterocycles. The molecule has 1 aromatic rings. The first kappa shape index (κ1) is 21.5. The number of hydrogen-bond acceptors (Lipinski definition) is 4. The summed E-state index contributed by atoms with van der Waals surface area (Å²) in [6.07, 6.45) is 0. The molecule has 0 saturated carbocycles. The number of halogens is 1. The second kappa shape index (κ2) is 8.93. The average Bonchev–Trinajstić information content (AvgIpc) is 2.58. The molecular weight excluding hydrogens is 384 g/mol. The number of hydrogen-bond donors (Lipinski definition) is 1. The molecule has 0 radical (unpaired) electrons. The van der Waals surface area contributed by atoms with Crippen LogP contribution in [0.1, 0.15) is 46.2 Å². The van der Waals surface area contributed by atoms with Crippen LogP contribution in [0.5, 0.6) is 11.5 Å². The van der Waals surface area contributed by atoms with Crippen molar-refractivity contribution >= 4 is 34.7 Å². The summed E-state index contributed by atoms with van der Waals surface area (Å²) in [4.78, 5) is 14.1. The van der Waals surface area contributed by atoms with Gasteiger partial charge in [0.05, 0.1) is 24.3 Å². The molecular formula is C20H27ClN2O3S. The molecule has 148 valence electrons. The molecule has 1 aromatic carbocycles. The Balaban J connectivity index is 2.54. The van der Waals surface area contributed by atoms with Gasteiger partial charge in [-0.15, -0.1) is 0 Å². The molecule has 27 heavy (non-hydrogen) atoms. The number of allylic oxidation sites excluding steroid dienone is 1. The first-order valence-electron chi connectivity index (χ1n) is 9.02. The number of benzene rings is 1. The molecule has 2 rings (SSSR count). The zero-order valence-corrected chi connectivity index (χ0v) is 18.3. The predicted molar refractivity (Wildman–Crippen MR) is 113 cm³/mol. The van der Waals surface area contributed by atoms with E-state index in [2.05, 4.69) is 19.2 Å². The number of thiocarbonyl (C=S) groups is 1. The fourth-order valence-corrected chi connectivity index (χ4v) is 3.48.